The quantitative estimate of drug-likeness (QED) is 0.198. The molecule has 0 aliphatic rings. The van der Waals surface area contributed by atoms with Gasteiger partial charge in [-0.2, -0.15) is 0 Å². The lowest BCUT2D eigenvalue weighted by molar-refractivity contribution is -0.137. The Hall–Kier alpha value is -4.13. The lowest BCUT2D eigenvalue weighted by atomic mass is 10.1. The molecule has 33 heavy (non-hydrogen) atoms. The molecule has 1 aromatic heterocycles. The number of nitrogens with one attached hydrogen (secondary N) is 1. The molecule has 0 bridgehead atoms. The van der Waals surface area contributed by atoms with E-state index >= 15 is 0 Å². The molecule has 0 radical (unpaired) electrons. The average molecular weight is 445 g/mol. The van der Waals surface area contributed by atoms with E-state index in [1.165, 1.54) is 6.07 Å². The Labute approximate surface area is 189 Å². The molecule has 1 heterocycles. The molecule has 0 unspecified atom stereocenters. The molecule has 7 heteroatoms. The molecule has 0 fully saturated rings. The third-order valence-corrected chi connectivity index (χ3v) is 5.22. The van der Waals surface area contributed by atoms with Crippen molar-refractivity contribution < 1.29 is 23.5 Å². The monoisotopic (exact) mass is 445 g/mol. The fourth-order valence-electron chi connectivity index (χ4n) is 3.49. The van der Waals surface area contributed by atoms with Gasteiger partial charge in [0, 0.05) is 11.5 Å². The Bertz CT molecular complexity index is 1360. The van der Waals surface area contributed by atoms with Crippen LogP contribution in [0.4, 0.5) is 4.79 Å². The Morgan fingerprint density at radius 3 is 2.33 bits per heavy atom. The third kappa shape index (κ3) is 5.03. The molecule has 4 aromatic rings. The number of alkyl carbamates (subject to hydrolysis) is 1. The molecule has 0 aliphatic heterocycles. The van der Waals surface area contributed by atoms with E-state index in [9.17, 15) is 14.4 Å². The second-order valence-corrected chi connectivity index (χ2v) is 7.94. The molecule has 0 saturated carbocycles. The molecule has 1 amide bonds. The molecular formula is C26H23NO6. The topological polar surface area (TPSA) is 94.8 Å². The van der Waals surface area contributed by atoms with Crippen LogP contribution in [-0.4, -0.2) is 18.1 Å². The molecule has 7 nitrogen and oxygen atoms in total. The van der Waals surface area contributed by atoms with Crippen molar-refractivity contribution in [2.24, 2.45) is 5.92 Å². The van der Waals surface area contributed by atoms with Crippen LogP contribution in [0.2, 0.25) is 0 Å². The Morgan fingerprint density at radius 1 is 0.909 bits per heavy atom. The van der Waals surface area contributed by atoms with Gasteiger partial charge < -0.3 is 19.2 Å². The molecule has 0 aliphatic carbocycles. The molecule has 0 saturated heterocycles. The molecule has 0 spiro atoms. The summed E-state index contributed by atoms with van der Waals surface area (Å²) in [5.41, 5.74) is 0.672. The van der Waals surface area contributed by atoms with E-state index in [1.807, 2.05) is 42.5 Å². The smallest absolute Gasteiger partial charge is 0.408 e. The van der Waals surface area contributed by atoms with Gasteiger partial charge in [-0.25, -0.2) is 14.4 Å². The highest BCUT2D eigenvalue weighted by atomic mass is 16.6. The van der Waals surface area contributed by atoms with Gasteiger partial charge in [-0.15, -0.1) is 0 Å². The van der Waals surface area contributed by atoms with Gasteiger partial charge in [0.25, 0.3) is 0 Å². The summed E-state index contributed by atoms with van der Waals surface area (Å²) in [7, 11) is 0. The second-order valence-electron chi connectivity index (χ2n) is 7.94. The van der Waals surface area contributed by atoms with Gasteiger partial charge in [0.05, 0.1) is 5.39 Å². The number of benzene rings is 3. The minimum Gasteiger partial charge on any atom is -0.445 e. The van der Waals surface area contributed by atoms with Gasteiger partial charge in [-0.3, -0.25) is 0 Å². The lowest BCUT2D eigenvalue weighted by Gasteiger charge is -2.20. The lowest BCUT2D eigenvalue weighted by Crippen LogP contribution is -2.46. The normalized spacial score (nSPS) is 12.0. The van der Waals surface area contributed by atoms with Crippen molar-refractivity contribution in [3.8, 4) is 5.75 Å². The summed E-state index contributed by atoms with van der Waals surface area (Å²) in [5, 5.41) is 4.53. The number of esters is 1. The number of ether oxygens (including phenoxy) is 2. The SMILES string of the molecule is CC(C)[C@@H](NC(=O)OCc1ccccc1)C(=O)Oc1ccc2c(c1)oc(=O)c1ccccc12. The van der Waals surface area contributed by atoms with E-state index in [4.69, 9.17) is 13.9 Å². The van der Waals surface area contributed by atoms with E-state index in [-0.39, 0.29) is 18.3 Å². The molecule has 3 aromatic carbocycles. The maximum absolute atomic E-state index is 12.8. The van der Waals surface area contributed by atoms with Crippen molar-refractivity contribution in [3.63, 3.8) is 0 Å². The van der Waals surface area contributed by atoms with Crippen molar-refractivity contribution in [3.05, 3.63) is 88.8 Å². The number of carbonyl (C=O) groups is 2. The summed E-state index contributed by atoms with van der Waals surface area (Å²) in [6, 6.07) is 20.3. The largest absolute Gasteiger partial charge is 0.445 e. The first-order chi connectivity index (χ1) is 15.9. The fraction of sp³-hybridized carbons (Fsp3) is 0.192. The summed E-state index contributed by atoms with van der Waals surface area (Å²) in [6.07, 6.45) is -0.717. The zero-order valence-electron chi connectivity index (χ0n) is 18.2. The van der Waals surface area contributed by atoms with Crippen LogP contribution in [0.1, 0.15) is 19.4 Å². The Balaban J connectivity index is 1.48. The van der Waals surface area contributed by atoms with Gasteiger partial charge in [-0.1, -0.05) is 62.4 Å². The Kier molecular flexibility index (Phi) is 6.40. The van der Waals surface area contributed by atoms with Crippen LogP contribution < -0.4 is 15.7 Å². The number of fused-ring (bicyclic) bond motifs is 3. The van der Waals surface area contributed by atoms with Crippen molar-refractivity contribution >= 4 is 33.8 Å². The summed E-state index contributed by atoms with van der Waals surface area (Å²) in [6.45, 7) is 3.66. The number of rotatable bonds is 6. The first-order valence-corrected chi connectivity index (χ1v) is 10.6. The minimum atomic E-state index is -0.924. The maximum Gasteiger partial charge on any atom is 0.408 e. The summed E-state index contributed by atoms with van der Waals surface area (Å²) in [5.74, 6) is -0.690. The maximum atomic E-state index is 12.8. The highest BCUT2D eigenvalue weighted by Crippen LogP contribution is 2.26. The third-order valence-electron chi connectivity index (χ3n) is 5.22. The van der Waals surface area contributed by atoms with Crippen LogP contribution in [0.3, 0.4) is 0 Å². The number of hydrogen-bond donors (Lipinski definition) is 1. The number of carbonyl (C=O) groups excluding carboxylic acids is 2. The van der Waals surface area contributed by atoms with Gasteiger partial charge in [-0.05, 0) is 35.1 Å². The zero-order valence-corrected chi connectivity index (χ0v) is 18.2. The molecule has 1 atom stereocenters. The van der Waals surface area contributed by atoms with Crippen molar-refractivity contribution in [2.75, 3.05) is 0 Å². The van der Waals surface area contributed by atoms with Crippen LogP contribution >= 0.6 is 0 Å². The van der Waals surface area contributed by atoms with E-state index in [1.54, 1.807) is 38.1 Å². The van der Waals surface area contributed by atoms with Crippen molar-refractivity contribution in [1.29, 1.82) is 0 Å². The van der Waals surface area contributed by atoms with E-state index in [2.05, 4.69) is 5.32 Å². The predicted octanol–water partition coefficient (Wildman–Crippen LogP) is 4.80. The highest BCUT2D eigenvalue weighted by molar-refractivity contribution is 6.04. The zero-order chi connectivity index (χ0) is 23.4. The first-order valence-electron chi connectivity index (χ1n) is 10.6. The minimum absolute atomic E-state index is 0.0875. The summed E-state index contributed by atoms with van der Waals surface area (Å²) in [4.78, 5) is 37.3. The predicted molar refractivity (Wildman–Crippen MR) is 124 cm³/mol. The van der Waals surface area contributed by atoms with Crippen LogP contribution in [0.25, 0.3) is 21.7 Å². The van der Waals surface area contributed by atoms with Crippen molar-refractivity contribution in [1.82, 2.24) is 5.32 Å². The van der Waals surface area contributed by atoms with Crippen LogP contribution in [0.5, 0.6) is 5.75 Å². The average Bonchev–Trinajstić information content (AvgIpc) is 2.81. The molecule has 168 valence electrons. The highest BCUT2D eigenvalue weighted by Gasteiger charge is 2.27. The van der Waals surface area contributed by atoms with Crippen molar-refractivity contribution in [2.45, 2.75) is 26.5 Å². The molecule has 4 rings (SSSR count). The summed E-state index contributed by atoms with van der Waals surface area (Å²) >= 11 is 0. The summed E-state index contributed by atoms with van der Waals surface area (Å²) < 4.78 is 16.1. The molecule has 1 N–H and O–H groups in total. The second kappa shape index (κ2) is 9.56. The van der Waals surface area contributed by atoms with Gasteiger partial charge >= 0.3 is 17.7 Å². The van der Waals surface area contributed by atoms with Gasteiger partial charge in [0.2, 0.25) is 0 Å². The number of hydrogen-bond acceptors (Lipinski definition) is 6. The van der Waals surface area contributed by atoms with Gasteiger partial charge in [0.15, 0.2) is 0 Å². The number of amides is 1. The van der Waals surface area contributed by atoms with E-state index < -0.39 is 23.7 Å². The van der Waals surface area contributed by atoms with Crippen LogP contribution in [-0.2, 0) is 16.1 Å². The fourth-order valence-corrected chi connectivity index (χ4v) is 3.49. The van der Waals surface area contributed by atoms with E-state index in [0.717, 1.165) is 16.3 Å². The van der Waals surface area contributed by atoms with E-state index in [0.29, 0.717) is 11.0 Å². The van der Waals surface area contributed by atoms with Gasteiger partial charge in [0.1, 0.15) is 24.0 Å². The molecular weight excluding hydrogens is 422 g/mol. The Morgan fingerprint density at radius 2 is 1.61 bits per heavy atom. The standard InChI is InChI=1S/C26H23NO6/c1-16(2)23(27-26(30)31-15-17-8-4-3-5-9-17)25(29)32-18-12-13-20-19-10-6-7-11-21(19)24(28)33-22(20)14-18/h3-14,16,23H,15H2,1-2H3,(H,27,30)/t23-/m1/s1. The van der Waals surface area contributed by atoms with Crippen LogP contribution in [0.15, 0.2) is 82.0 Å². The first kappa shape index (κ1) is 22.1. The van der Waals surface area contributed by atoms with Crippen LogP contribution in [0, 0.1) is 5.92 Å².